The summed E-state index contributed by atoms with van der Waals surface area (Å²) in [6.45, 7) is 0.895. The fraction of sp³-hybridized carbons (Fsp3) is 0.462. The molecule has 0 bridgehead atoms. The Morgan fingerprint density at radius 2 is 2.17 bits per heavy atom. The van der Waals surface area contributed by atoms with Crippen LogP contribution in [-0.4, -0.2) is 38.6 Å². The number of rotatable bonds is 6. The van der Waals surface area contributed by atoms with E-state index in [2.05, 4.69) is 10.2 Å². The van der Waals surface area contributed by atoms with Gasteiger partial charge < -0.3 is 20.7 Å². The third kappa shape index (κ3) is 4.63. The van der Waals surface area contributed by atoms with Crippen molar-refractivity contribution < 1.29 is 9.53 Å². The van der Waals surface area contributed by atoms with Crippen LogP contribution < -0.4 is 15.8 Å². The topological polar surface area (TPSA) is 67.6 Å². The monoisotopic (exact) mass is 251 g/mol. The van der Waals surface area contributed by atoms with Gasteiger partial charge in [-0.15, -0.1) is 0 Å². The summed E-state index contributed by atoms with van der Waals surface area (Å²) in [5.41, 5.74) is 6.91. The number of carbonyl (C=O) groups is 1. The molecule has 0 spiro atoms. The molecule has 18 heavy (non-hydrogen) atoms. The highest BCUT2D eigenvalue weighted by atomic mass is 16.5. The van der Waals surface area contributed by atoms with Gasteiger partial charge in [-0.05, 0) is 39.2 Å². The number of methoxy groups -OCH3 is 1. The van der Waals surface area contributed by atoms with Crippen LogP contribution in [0.4, 0.5) is 11.4 Å². The molecule has 1 amide bonds. The van der Waals surface area contributed by atoms with Crippen molar-refractivity contribution in [3.8, 4) is 5.75 Å². The molecule has 1 aromatic rings. The van der Waals surface area contributed by atoms with Crippen molar-refractivity contribution in [3.05, 3.63) is 18.2 Å². The van der Waals surface area contributed by atoms with E-state index >= 15 is 0 Å². The molecule has 0 fully saturated rings. The first-order chi connectivity index (χ1) is 8.52. The number of hydrogen-bond donors (Lipinski definition) is 2. The number of ether oxygens (including phenoxy) is 1. The van der Waals surface area contributed by atoms with Crippen LogP contribution >= 0.6 is 0 Å². The van der Waals surface area contributed by atoms with Gasteiger partial charge >= 0.3 is 0 Å². The lowest BCUT2D eigenvalue weighted by Crippen LogP contribution is -2.17. The van der Waals surface area contributed by atoms with Crippen molar-refractivity contribution in [2.75, 3.05) is 38.8 Å². The molecule has 0 aromatic heterocycles. The quantitative estimate of drug-likeness (QED) is 0.753. The van der Waals surface area contributed by atoms with Gasteiger partial charge in [-0.2, -0.15) is 0 Å². The van der Waals surface area contributed by atoms with E-state index in [1.54, 1.807) is 25.3 Å². The maximum atomic E-state index is 11.7. The first-order valence-corrected chi connectivity index (χ1v) is 5.91. The number of nitrogens with two attached hydrogens (primary N) is 1. The molecule has 0 aliphatic carbocycles. The van der Waals surface area contributed by atoms with Crippen molar-refractivity contribution in [1.82, 2.24) is 4.90 Å². The summed E-state index contributed by atoms with van der Waals surface area (Å²) in [6, 6.07) is 5.17. The lowest BCUT2D eigenvalue weighted by Gasteiger charge is -2.12. The number of anilines is 2. The minimum atomic E-state index is -0.0140. The van der Waals surface area contributed by atoms with E-state index in [9.17, 15) is 4.79 Å². The van der Waals surface area contributed by atoms with E-state index in [0.29, 0.717) is 23.5 Å². The molecule has 0 aliphatic heterocycles. The Bertz CT molecular complexity index is 405. The third-order valence-corrected chi connectivity index (χ3v) is 2.51. The highest BCUT2D eigenvalue weighted by Gasteiger charge is 2.07. The molecule has 0 aliphatic rings. The van der Waals surface area contributed by atoms with E-state index in [0.717, 1.165) is 13.0 Å². The lowest BCUT2D eigenvalue weighted by molar-refractivity contribution is -0.116. The molecule has 0 saturated carbocycles. The highest BCUT2D eigenvalue weighted by Crippen LogP contribution is 2.26. The summed E-state index contributed by atoms with van der Waals surface area (Å²) in [7, 11) is 5.53. The Morgan fingerprint density at radius 1 is 1.44 bits per heavy atom. The summed E-state index contributed by atoms with van der Waals surface area (Å²) in [5.74, 6) is 0.566. The molecule has 0 unspecified atom stereocenters. The van der Waals surface area contributed by atoms with Crippen LogP contribution in [0, 0.1) is 0 Å². The average Bonchev–Trinajstić information content (AvgIpc) is 2.31. The standard InChI is InChI=1S/C13H21N3O2/c1-16(2)8-4-5-13(17)15-11-7-6-10(14)9-12(11)18-3/h6-7,9H,4-5,8,14H2,1-3H3,(H,15,17). The molecule has 0 atom stereocenters. The molecule has 1 aromatic carbocycles. The van der Waals surface area contributed by atoms with Gasteiger partial charge in [0.05, 0.1) is 12.8 Å². The summed E-state index contributed by atoms with van der Waals surface area (Å²) in [4.78, 5) is 13.8. The molecule has 0 heterocycles. The maximum Gasteiger partial charge on any atom is 0.224 e. The molecule has 3 N–H and O–H groups in total. The van der Waals surface area contributed by atoms with Crippen LogP contribution in [0.25, 0.3) is 0 Å². The number of carbonyl (C=O) groups excluding carboxylic acids is 1. The van der Waals surface area contributed by atoms with Gasteiger partial charge in [0.15, 0.2) is 0 Å². The number of hydrogen-bond acceptors (Lipinski definition) is 4. The van der Waals surface area contributed by atoms with Crippen LogP contribution in [0.3, 0.4) is 0 Å². The molecule has 5 nitrogen and oxygen atoms in total. The molecule has 0 saturated heterocycles. The van der Waals surface area contributed by atoms with Gasteiger partial charge in [0.1, 0.15) is 5.75 Å². The Hall–Kier alpha value is -1.75. The number of nitrogens with one attached hydrogen (secondary N) is 1. The largest absolute Gasteiger partial charge is 0.494 e. The van der Waals surface area contributed by atoms with Crippen molar-refractivity contribution in [2.45, 2.75) is 12.8 Å². The zero-order valence-electron chi connectivity index (χ0n) is 11.2. The van der Waals surface area contributed by atoms with Crippen LogP contribution in [0.2, 0.25) is 0 Å². The number of nitrogen functional groups attached to an aromatic ring is 1. The SMILES string of the molecule is COc1cc(N)ccc1NC(=O)CCCN(C)C. The minimum absolute atomic E-state index is 0.0140. The van der Waals surface area contributed by atoms with E-state index < -0.39 is 0 Å². The van der Waals surface area contributed by atoms with Crippen LogP contribution in [0.5, 0.6) is 5.75 Å². The zero-order valence-corrected chi connectivity index (χ0v) is 11.2. The Kier molecular flexibility index (Phi) is 5.45. The predicted molar refractivity (Wildman–Crippen MR) is 73.8 cm³/mol. The molecular formula is C13H21N3O2. The Morgan fingerprint density at radius 3 is 2.78 bits per heavy atom. The van der Waals surface area contributed by atoms with Gasteiger partial charge in [-0.3, -0.25) is 4.79 Å². The summed E-state index contributed by atoms with van der Waals surface area (Å²) in [6.07, 6.45) is 1.32. The molecule has 5 heteroatoms. The summed E-state index contributed by atoms with van der Waals surface area (Å²) < 4.78 is 5.17. The summed E-state index contributed by atoms with van der Waals surface area (Å²) in [5, 5.41) is 2.82. The van der Waals surface area contributed by atoms with Crippen molar-refractivity contribution in [3.63, 3.8) is 0 Å². The van der Waals surface area contributed by atoms with Crippen molar-refractivity contribution >= 4 is 17.3 Å². The van der Waals surface area contributed by atoms with Gasteiger partial charge in [-0.1, -0.05) is 0 Å². The molecule has 1 rings (SSSR count). The second kappa shape index (κ2) is 6.86. The van der Waals surface area contributed by atoms with E-state index in [4.69, 9.17) is 10.5 Å². The fourth-order valence-corrected chi connectivity index (χ4v) is 1.58. The second-order valence-electron chi connectivity index (χ2n) is 4.41. The van der Waals surface area contributed by atoms with Gasteiger partial charge in [0.25, 0.3) is 0 Å². The Labute approximate surface area is 108 Å². The predicted octanol–water partition coefficient (Wildman–Crippen LogP) is 1.56. The second-order valence-corrected chi connectivity index (χ2v) is 4.41. The van der Waals surface area contributed by atoms with Crippen molar-refractivity contribution in [2.24, 2.45) is 0 Å². The normalized spacial score (nSPS) is 10.4. The zero-order chi connectivity index (χ0) is 13.5. The average molecular weight is 251 g/mol. The van der Waals surface area contributed by atoms with E-state index in [1.807, 2.05) is 14.1 Å². The van der Waals surface area contributed by atoms with Gasteiger partial charge in [0.2, 0.25) is 5.91 Å². The number of nitrogens with zero attached hydrogens (tertiary/aromatic N) is 1. The smallest absolute Gasteiger partial charge is 0.224 e. The first kappa shape index (κ1) is 14.3. The number of amides is 1. The minimum Gasteiger partial charge on any atom is -0.494 e. The molecular weight excluding hydrogens is 230 g/mol. The maximum absolute atomic E-state index is 11.7. The first-order valence-electron chi connectivity index (χ1n) is 5.91. The van der Waals surface area contributed by atoms with E-state index in [-0.39, 0.29) is 5.91 Å². The fourth-order valence-electron chi connectivity index (χ4n) is 1.58. The molecule has 0 radical (unpaired) electrons. The molecule has 100 valence electrons. The number of benzene rings is 1. The lowest BCUT2D eigenvalue weighted by atomic mass is 10.2. The highest BCUT2D eigenvalue weighted by molar-refractivity contribution is 5.92. The van der Waals surface area contributed by atoms with Crippen LogP contribution in [0.15, 0.2) is 18.2 Å². The van der Waals surface area contributed by atoms with Gasteiger partial charge in [-0.25, -0.2) is 0 Å². The Balaban J connectivity index is 2.53. The van der Waals surface area contributed by atoms with Crippen LogP contribution in [-0.2, 0) is 4.79 Å². The van der Waals surface area contributed by atoms with Crippen molar-refractivity contribution in [1.29, 1.82) is 0 Å². The summed E-state index contributed by atoms with van der Waals surface area (Å²) >= 11 is 0. The van der Waals surface area contributed by atoms with Crippen LogP contribution in [0.1, 0.15) is 12.8 Å². The van der Waals surface area contributed by atoms with Gasteiger partial charge in [0, 0.05) is 18.2 Å². The third-order valence-electron chi connectivity index (χ3n) is 2.51. The van der Waals surface area contributed by atoms with E-state index in [1.165, 1.54) is 0 Å².